The van der Waals surface area contributed by atoms with Crippen molar-refractivity contribution in [3.05, 3.63) is 29.0 Å². The second-order valence-electron chi connectivity index (χ2n) is 6.08. The van der Waals surface area contributed by atoms with Crippen LogP contribution in [0.1, 0.15) is 44.3 Å². The number of nitrogens with zero attached hydrogens (tertiary/aromatic N) is 4. The molecule has 0 atom stereocenters. The first kappa shape index (κ1) is 18.4. The standard InChI is InChI=1S/C17H28N4O3/c1-4-6-7-15(22)19-10-8-14(9-11-19)16-18-21(12-13-24-3)17(23)20(16)5-2/h4,14H,1,5-13H2,2-3H3. The Bertz CT molecular complexity index is 612. The van der Waals surface area contributed by atoms with Crippen LogP contribution in [0.3, 0.4) is 0 Å². The number of aromatic nitrogens is 3. The first-order valence-corrected chi connectivity index (χ1v) is 8.67. The van der Waals surface area contributed by atoms with Gasteiger partial charge in [0.05, 0.1) is 13.2 Å². The van der Waals surface area contributed by atoms with E-state index in [9.17, 15) is 9.59 Å². The number of allylic oxidation sites excluding steroid dienone is 1. The van der Waals surface area contributed by atoms with Crippen molar-refractivity contribution in [1.29, 1.82) is 0 Å². The van der Waals surface area contributed by atoms with Crippen molar-refractivity contribution in [1.82, 2.24) is 19.2 Å². The van der Waals surface area contributed by atoms with Gasteiger partial charge in [0.15, 0.2) is 0 Å². The summed E-state index contributed by atoms with van der Waals surface area (Å²) in [6.07, 6.45) is 4.72. The first-order valence-electron chi connectivity index (χ1n) is 8.67. The Morgan fingerprint density at radius 3 is 2.71 bits per heavy atom. The average molecular weight is 336 g/mol. The number of methoxy groups -OCH3 is 1. The molecule has 0 aromatic carbocycles. The molecule has 0 saturated carbocycles. The highest BCUT2D eigenvalue weighted by Gasteiger charge is 2.27. The van der Waals surface area contributed by atoms with Crippen LogP contribution in [0.2, 0.25) is 0 Å². The summed E-state index contributed by atoms with van der Waals surface area (Å²) in [4.78, 5) is 26.4. The van der Waals surface area contributed by atoms with E-state index < -0.39 is 0 Å². The SMILES string of the molecule is C=CCCC(=O)N1CCC(c2nn(CCOC)c(=O)n2CC)CC1. The minimum Gasteiger partial charge on any atom is -0.383 e. The summed E-state index contributed by atoms with van der Waals surface area (Å²) in [5.74, 6) is 1.26. The molecule has 1 aromatic heterocycles. The third-order valence-corrected chi connectivity index (χ3v) is 4.55. The maximum absolute atomic E-state index is 12.4. The molecule has 7 nitrogen and oxygen atoms in total. The number of likely N-dealkylation sites (tertiary alicyclic amines) is 1. The summed E-state index contributed by atoms with van der Waals surface area (Å²) in [5, 5.41) is 4.53. The number of hydrogen-bond donors (Lipinski definition) is 0. The van der Waals surface area contributed by atoms with Crippen LogP contribution in [0.4, 0.5) is 0 Å². The van der Waals surface area contributed by atoms with Gasteiger partial charge < -0.3 is 9.64 Å². The lowest BCUT2D eigenvalue weighted by atomic mass is 9.95. The Kier molecular flexibility index (Phi) is 6.78. The number of amides is 1. The maximum Gasteiger partial charge on any atom is 0.345 e. The maximum atomic E-state index is 12.4. The molecule has 1 saturated heterocycles. The molecule has 1 fully saturated rings. The fourth-order valence-corrected chi connectivity index (χ4v) is 3.15. The van der Waals surface area contributed by atoms with Crippen molar-refractivity contribution in [3.63, 3.8) is 0 Å². The van der Waals surface area contributed by atoms with Crippen LogP contribution >= 0.6 is 0 Å². The predicted molar refractivity (Wildman–Crippen MR) is 92.0 cm³/mol. The van der Waals surface area contributed by atoms with Crippen LogP contribution in [0.25, 0.3) is 0 Å². The summed E-state index contributed by atoms with van der Waals surface area (Å²) >= 11 is 0. The van der Waals surface area contributed by atoms with E-state index in [0.29, 0.717) is 26.1 Å². The number of carbonyl (C=O) groups is 1. The molecule has 1 amide bonds. The second-order valence-corrected chi connectivity index (χ2v) is 6.08. The van der Waals surface area contributed by atoms with E-state index in [1.165, 1.54) is 4.68 Å². The number of rotatable bonds is 8. The van der Waals surface area contributed by atoms with Gasteiger partial charge in [0.1, 0.15) is 5.82 Å². The first-order chi connectivity index (χ1) is 11.6. The zero-order chi connectivity index (χ0) is 17.5. The lowest BCUT2D eigenvalue weighted by molar-refractivity contribution is -0.132. The minimum absolute atomic E-state index is 0.0750. The van der Waals surface area contributed by atoms with Crippen LogP contribution in [-0.2, 0) is 22.6 Å². The van der Waals surface area contributed by atoms with Crippen molar-refractivity contribution >= 4 is 5.91 Å². The van der Waals surface area contributed by atoms with Crippen molar-refractivity contribution in [2.45, 2.75) is 51.6 Å². The van der Waals surface area contributed by atoms with E-state index in [-0.39, 0.29) is 17.5 Å². The zero-order valence-corrected chi connectivity index (χ0v) is 14.7. The van der Waals surface area contributed by atoms with Crippen molar-refractivity contribution in [3.8, 4) is 0 Å². The van der Waals surface area contributed by atoms with Gasteiger partial charge in [0, 0.05) is 39.1 Å². The molecule has 2 rings (SSSR count). The van der Waals surface area contributed by atoms with Gasteiger partial charge in [-0.15, -0.1) is 6.58 Å². The lowest BCUT2D eigenvalue weighted by Crippen LogP contribution is -2.38. The second kappa shape index (κ2) is 8.82. The van der Waals surface area contributed by atoms with Gasteiger partial charge in [0.2, 0.25) is 5.91 Å². The normalized spacial score (nSPS) is 15.7. The zero-order valence-electron chi connectivity index (χ0n) is 14.7. The molecular weight excluding hydrogens is 308 g/mol. The largest absolute Gasteiger partial charge is 0.383 e. The van der Waals surface area contributed by atoms with Crippen molar-refractivity contribution < 1.29 is 9.53 Å². The number of carbonyl (C=O) groups excluding carboxylic acids is 1. The van der Waals surface area contributed by atoms with Crippen molar-refractivity contribution in [2.24, 2.45) is 0 Å². The van der Waals surface area contributed by atoms with Gasteiger partial charge in [0.25, 0.3) is 0 Å². The molecule has 0 spiro atoms. The lowest BCUT2D eigenvalue weighted by Gasteiger charge is -2.31. The van der Waals surface area contributed by atoms with Gasteiger partial charge in [-0.25, -0.2) is 9.48 Å². The number of hydrogen-bond acceptors (Lipinski definition) is 4. The summed E-state index contributed by atoms with van der Waals surface area (Å²) in [6.45, 7) is 8.61. The molecule has 24 heavy (non-hydrogen) atoms. The highest BCUT2D eigenvalue weighted by molar-refractivity contribution is 5.76. The highest BCUT2D eigenvalue weighted by Crippen LogP contribution is 2.26. The smallest absolute Gasteiger partial charge is 0.345 e. The Morgan fingerprint density at radius 1 is 1.42 bits per heavy atom. The van der Waals surface area contributed by atoms with Crippen LogP contribution in [0.5, 0.6) is 0 Å². The summed E-state index contributed by atoms with van der Waals surface area (Å²) in [6, 6.07) is 0. The minimum atomic E-state index is -0.0750. The van der Waals surface area contributed by atoms with E-state index in [4.69, 9.17) is 4.74 Å². The Balaban J connectivity index is 2.04. The highest BCUT2D eigenvalue weighted by atomic mass is 16.5. The van der Waals surface area contributed by atoms with Crippen LogP contribution < -0.4 is 5.69 Å². The molecule has 7 heteroatoms. The third kappa shape index (κ3) is 4.14. The molecule has 0 bridgehead atoms. The fraction of sp³-hybridized carbons (Fsp3) is 0.706. The predicted octanol–water partition coefficient (Wildman–Crippen LogP) is 1.38. The molecule has 1 aliphatic heterocycles. The van der Waals surface area contributed by atoms with E-state index in [2.05, 4.69) is 11.7 Å². The molecule has 0 radical (unpaired) electrons. The van der Waals surface area contributed by atoms with Crippen LogP contribution in [-0.4, -0.2) is 52.0 Å². The molecule has 1 aromatic rings. The van der Waals surface area contributed by atoms with E-state index >= 15 is 0 Å². The van der Waals surface area contributed by atoms with Crippen LogP contribution in [0.15, 0.2) is 17.4 Å². The van der Waals surface area contributed by atoms with Gasteiger partial charge >= 0.3 is 5.69 Å². The molecule has 134 valence electrons. The molecular formula is C17H28N4O3. The average Bonchev–Trinajstić information content (AvgIpc) is 2.93. The molecule has 0 N–H and O–H groups in total. The third-order valence-electron chi connectivity index (χ3n) is 4.55. The van der Waals surface area contributed by atoms with Gasteiger partial charge in [-0.3, -0.25) is 9.36 Å². The monoisotopic (exact) mass is 336 g/mol. The van der Waals surface area contributed by atoms with E-state index in [1.807, 2.05) is 11.8 Å². The number of ether oxygens (including phenoxy) is 1. The molecule has 2 heterocycles. The van der Waals surface area contributed by atoms with E-state index in [1.54, 1.807) is 17.8 Å². The van der Waals surface area contributed by atoms with Gasteiger partial charge in [-0.1, -0.05) is 6.08 Å². The molecule has 0 unspecified atom stereocenters. The van der Waals surface area contributed by atoms with Gasteiger partial charge in [-0.05, 0) is 26.2 Å². The Morgan fingerprint density at radius 2 is 2.12 bits per heavy atom. The van der Waals surface area contributed by atoms with Gasteiger partial charge in [-0.2, -0.15) is 5.10 Å². The van der Waals surface area contributed by atoms with E-state index in [0.717, 1.165) is 38.2 Å². The quantitative estimate of drug-likeness (QED) is 0.673. The molecule has 1 aliphatic rings. The summed E-state index contributed by atoms with van der Waals surface area (Å²) < 4.78 is 8.28. The van der Waals surface area contributed by atoms with Crippen molar-refractivity contribution in [2.75, 3.05) is 26.8 Å². The number of piperidine rings is 1. The van der Waals surface area contributed by atoms with Crippen LogP contribution in [0, 0.1) is 0 Å². The Labute approximate surface area is 142 Å². The molecule has 0 aliphatic carbocycles. The summed E-state index contributed by atoms with van der Waals surface area (Å²) in [5.41, 5.74) is -0.0750. The topological polar surface area (TPSA) is 69.4 Å². The summed E-state index contributed by atoms with van der Waals surface area (Å²) in [7, 11) is 1.61. The Hall–Kier alpha value is -1.89. The fourth-order valence-electron chi connectivity index (χ4n) is 3.15.